The highest BCUT2D eigenvalue weighted by Crippen LogP contribution is 2.20. The number of aryl methyl sites for hydroxylation is 2. The van der Waals surface area contributed by atoms with Crippen LogP contribution in [-0.2, 0) is 6.42 Å². The van der Waals surface area contributed by atoms with Crippen molar-refractivity contribution < 1.29 is 4.39 Å². The summed E-state index contributed by atoms with van der Waals surface area (Å²) in [5, 5.41) is 6.29. The van der Waals surface area contributed by atoms with Crippen LogP contribution >= 0.6 is 0 Å². The van der Waals surface area contributed by atoms with Gasteiger partial charge in [-0.15, -0.1) is 0 Å². The zero-order valence-electron chi connectivity index (χ0n) is 12.0. The second-order valence-corrected chi connectivity index (χ2v) is 4.58. The van der Waals surface area contributed by atoms with E-state index in [1.54, 1.807) is 0 Å². The lowest BCUT2D eigenvalue weighted by molar-refractivity contribution is 0.627. The van der Waals surface area contributed by atoms with E-state index in [9.17, 15) is 4.39 Å². The molecule has 0 spiro atoms. The molecular weight excluding hydrogens is 255 g/mol. The molecule has 5 heteroatoms. The molecule has 0 amide bonds. The summed E-state index contributed by atoms with van der Waals surface area (Å²) in [6.07, 6.45) is 0.746. The van der Waals surface area contributed by atoms with Gasteiger partial charge in [-0.1, -0.05) is 6.92 Å². The molecule has 0 atom stereocenters. The normalized spacial score (nSPS) is 10.4. The van der Waals surface area contributed by atoms with Crippen molar-refractivity contribution in [2.75, 3.05) is 17.2 Å². The van der Waals surface area contributed by atoms with Crippen molar-refractivity contribution in [3.05, 3.63) is 41.5 Å². The Morgan fingerprint density at radius 1 is 1.05 bits per heavy atom. The van der Waals surface area contributed by atoms with Gasteiger partial charge in [0.05, 0.1) is 0 Å². The number of hydrogen-bond donors (Lipinski definition) is 2. The molecule has 20 heavy (non-hydrogen) atoms. The zero-order valence-corrected chi connectivity index (χ0v) is 12.0. The van der Waals surface area contributed by atoms with Gasteiger partial charge in [0.2, 0.25) is 0 Å². The second-order valence-electron chi connectivity index (χ2n) is 4.58. The summed E-state index contributed by atoms with van der Waals surface area (Å²) in [5.74, 6) is 1.93. The largest absolute Gasteiger partial charge is 0.370 e. The fraction of sp³-hybridized carbons (Fsp3) is 0.333. The van der Waals surface area contributed by atoms with Crippen LogP contribution in [0.15, 0.2) is 24.3 Å². The molecule has 2 N–H and O–H groups in total. The maximum absolute atomic E-state index is 13.4. The van der Waals surface area contributed by atoms with E-state index < -0.39 is 0 Å². The first kappa shape index (κ1) is 14.2. The first-order valence-electron chi connectivity index (χ1n) is 6.76. The SMILES string of the molecule is CCNc1cc(Nc2cc(C)cc(F)c2)nc(CC)n1. The molecule has 0 aliphatic rings. The van der Waals surface area contributed by atoms with Gasteiger partial charge in [-0.25, -0.2) is 14.4 Å². The number of anilines is 3. The topological polar surface area (TPSA) is 49.8 Å². The van der Waals surface area contributed by atoms with Crippen LogP contribution in [0.3, 0.4) is 0 Å². The van der Waals surface area contributed by atoms with E-state index in [4.69, 9.17) is 0 Å². The number of halogens is 1. The summed E-state index contributed by atoms with van der Waals surface area (Å²) in [4.78, 5) is 8.79. The third kappa shape index (κ3) is 3.66. The van der Waals surface area contributed by atoms with Gasteiger partial charge in [0, 0.05) is 24.7 Å². The summed E-state index contributed by atoms with van der Waals surface area (Å²) in [6.45, 7) is 6.66. The van der Waals surface area contributed by atoms with E-state index in [-0.39, 0.29) is 5.82 Å². The standard InChI is InChI=1S/C15H19FN4/c1-4-13-19-14(17-5-2)9-15(20-13)18-12-7-10(3)6-11(16)8-12/h6-9H,4-5H2,1-3H3,(H2,17,18,19,20). The molecule has 0 unspecified atom stereocenters. The summed E-state index contributed by atoms with van der Waals surface area (Å²) < 4.78 is 13.4. The Labute approximate surface area is 118 Å². The monoisotopic (exact) mass is 274 g/mol. The van der Waals surface area contributed by atoms with Gasteiger partial charge in [0.15, 0.2) is 0 Å². The van der Waals surface area contributed by atoms with Crippen LogP contribution in [0.5, 0.6) is 0 Å². The highest BCUT2D eigenvalue weighted by molar-refractivity contribution is 5.60. The van der Waals surface area contributed by atoms with Crippen LogP contribution in [0, 0.1) is 12.7 Å². The molecule has 1 heterocycles. The lowest BCUT2D eigenvalue weighted by Crippen LogP contribution is -2.05. The van der Waals surface area contributed by atoms with Crippen LogP contribution in [-0.4, -0.2) is 16.5 Å². The summed E-state index contributed by atoms with van der Waals surface area (Å²) in [7, 11) is 0. The van der Waals surface area contributed by atoms with Crippen molar-refractivity contribution in [1.29, 1.82) is 0 Å². The average Bonchev–Trinajstić information content (AvgIpc) is 2.37. The molecular formula is C15H19FN4. The average molecular weight is 274 g/mol. The Kier molecular flexibility index (Phi) is 4.50. The molecule has 1 aromatic carbocycles. The van der Waals surface area contributed by atoms with Crippen molar-refractivity contribution >= 4 is 17.3 Å². The highest BCUT2D eigenvalue weighted by Gasteiger charge is 2.05. The smallest absolute Gasteiger partial charge is 0.136 e. The fourth-order valence-corrected chi connectivity index (χ4v) is 1.95. The van der Waals surface area contributed by atoms with Crippen molar-refractivity contribution in [2.24, 2.45) is 0 Å². The van der Waals surface area contributed by atoms with Crippen LogP contribution < -0.4 is 10.6 Å². The van der Waals surface area contributed by atoms with E-state index in [2.05, 4.69) is 20.6 Å². The quantitative estimate of drug-likeness (QED) is 0.873. The molecule has 0 saturated carbocycles. The van der Waals surface area contributed by atoms with Crippen molar-refractivity contribution in [3.8, 4) is 0 Å². The summed E-state index contributed by atoms with van der Waals surface area (Å²) in [6, 6.07) is 6.65. The third-order valence-electron chi connectivity index (χ3n) is 2.76. The maximum Gasteiger partial charge on any atom is 0.136 e. The molecule has 0 radical (unpaired) electrons. The molecule has 2 aromatic rings. The predicted molar refractivity (Wildman–Crippen MR) is 80.0 cm³/mol. The van der Waals surface area contributed by atoms with Gasteiger partial charge in [0.25, 0.3) is 0 Å². The highest BCUT2D eigenvalue weighted by atomic mass is 19.1. The molecule has 0 aliphatic carbocycles. The van der Waals surface area contributed by atoms with E-state index >= 15 is 0 Å². The zero-order chi connectivity index (χ0) is 14.5. The van der Waals surface area contributed by atoms with Crippen LogP contribution in [0.2, 0.25) is 0 Å². The van der Waals surface area contributed by atoms with Gasteiger partial charge in [-0.2, -0.15) is 0 Å². The van der Waals surface area contributed by atoms with E-state index in [0.29, 0.717) is 11.5 Å². The molecule has 106 valence electrons. The van der Waals surface area contributed by atoms with Gasteiger partial charge in [-0.3, -0.25) is 0 Å². The molecule has 0 bridgehead atoms. The van der Waals surface area contributed by atoms with E-state index in [1.807, 2.05) is 32.9 Å². The first-order valence-corrected chi connectivity index (χ1v) is 6.76. The number of aromatic nitrogens is 2. The van der Waals surface area contributed by atoms with Gasteiger partial charge >= 0.3 is 0 Å². The number of benzene rings is 1. The second kappa shape index (κ2) is 6.32. The number of nitrogens with one attached hydrogen (secondary N) is 2. The Balaban J connectivity index is 2.29. The van der Waals surface area contributed by atoms with Crippen molar-refractivity contribution in [1.82, 2.24) is 9.97 Å². The van der Waals surface area contributed by atoms with Crippen molar-refractivity contribution in [3.63, 3.8) is 0 Å². The van der Waals surface area contributed by atoms with E-state index in [1.165, 1.54) is 12.1 Å². The number of hydrogen-bond acceptors (Lipinski definition) is 4. The Morgan fingerprint density at radius 3 is 2.45 bits per heavy atom. The number of rotatable bonds is 5. The number of nitrogens with zero attached hydrogens (tertiary/aromatic N) is 2. The van der Waals surface area contributed by atoms with Crippen LogP contribution in [0.1, 0.15) is 25.2 Å². The van der Waals surface area contributed by atoms with Crippen molar-refractivity contribution in [2.45, 2.75) is 27.2 Å². The minimum absolute atomic E-state index is 0.260. The van der Waals surface area contributed by atoms with Gasteiger partial charge < -0.3 is 10.6 Å². The molecule has 2 rings (SSSR count). The lowest BCUT2D eigenvalue weighted by Gasteiger charge is -2.10. The summed E-state index contributed by atoms with van der Waals surface area (Å²) >= 11 is 0. The van der Waals surface area contributed by atoms with Crippen LogP contribution in [0.4, 0.5) is 21.7 Å². The first-order chi connectivity index (χ1) is 9.60. The molecule has 4 nitrogen and oxygen atoms in total. The lowest BCUT2D eigenvalue weighted by atomic mass is 10.2. The van der Waals surface area contributed by atoms with Gasteiger partial charge in [0.1, 0.15) is 23.3 Å². The summed E-state index contributed by atoms with van der Waals surface area (Å²) in [5.41, 5.74) is 1.55. The molecule has 1 aromatic heterocycles. The minimum Gasteiger partial charge on any atom is -0.370 e. The van der Waals surface area contributed by atoms with Crippen LogP contribution in [0.25, 0.3) is 0 Å². The molecule has 0 fully saturated rings. The Morgan fingerprint density at radius 2 is 1.80 bits per heavy atom. The van der Waals surface area contributed by atoms with Gasteiger partial charge in [-0.05, 0) is 37.6 Å². The van der Waals surface area contributed by atoms with E-state index in [0.717, 1.165) is 30.2 Å². The third-order valence-corrected chi connectivity index (χ3v) is 2.76. The molecule has 0 saturated heterocycles. The predicted octanol–water partition coefficient (Wildman–Crippen LogP) is 3.66. The Bertz CT molecular complexity index is 578. The molecule has 0 aliphatic heterocycles. The maximum atomic E-state index is 13.4. The fourth-order valence-electron chi connectivity index (χ4n) is 1.95. The Hall–Kier alpha value is -2.17. The minimum atomic E-state index is -0.260.